The summed E-state index contributed by atoms with van der Waals surface area (Å²) in [5, 5.41) is 0. The maximum atomic E-state index is 2.57. The topological polar surface area (TPSA) is 0 Å². The van der Waals surface area contributed by atoms with Crippen LogP contribution in [-0.2, 0) is 0 Å². The molecule has 0 aliphatic rings. The van der Waals surface area contributed by atoms with Crippen LogP contribution in [-0.4, -0.2) is 8.07 Å². The van der Waals surface area contributed by atoms with Gasteiger partial charge in [0.15, 0.2) is 0 Å². The molecule has 0 aromatic carbocycles. The zero-order valence-corrected chi connectivity index (χ0v) is 10.6. The third kappa shape index (κ3) is 3.75. The van der Waals surface area contributed by atoms with Gasteiger partial charge in [0, 0.05) is 0 Å². The van der Waals surface area contributed by atoms with E-state index in [1.165, 1.54) is 31.7 Å². The highest BCUT2D eigenvalue weighted by Crippen LogP contribution is 2.32. The summed E-state index contributed by atoms with van der Waals surface area (Å²) in [4.78, 5) is 0. The molecule has 0 aliphatic heterocycles. The number of rotatable bonds is 6. The molecule has 0 amide bonds. The highest BCUT2D eigenvalue weighted by molar-refractivity contribution is 6.78. The Morgan fingerprint density at radius 1 is 1.00 bits per heavy atom. The maximum absolute atomic E-state index is 2.57. The first-order valence-electron chi connectivity index (χ1n) is 5.58. The van der Waals surface area contributed by atoms with E-state index in [-0.39, 0.29) is 0 Å². The summed E-state index contributed by atoms with van der Waals surface area (Å²) in [5.41, 5.74) is 1.06. The number of hydrogen-bond acceptors (Lipinski definition) is 0. The normalized spacial score (nSPS) is 12.5. The molecule has 0 aromatic heterocycles. The molecule has 1 heteroatoms. The fourth-order valence-corrected chi connectivity index (χ4v) is 6.11. The van der Waals surface area contributed by atoms with E-state index in [0.717, 1.165) is 5.54 Å². The van der Waals surface area contributed by atoms with E-state index in [9.17, 15) is 0 Å². The molecular formula is C11H26Si. The molecule has 0 aliphatic carbocycles. The molecule has 0 radical (unpaired) electrons. The Kier molecular flexibility index (Phi) is 5.90. The second-order valence-corrected chi connectivity index (χ2v) is 9.90. The van der Waals surface area contributed by atoms with Crippen LogP contribution >= 0.6 is 0 Å². The quantitative estimate of drug-likeness (QED) is 0.528. The van der Waals surface area contributed by atoms with Crippen molar-refractivity contribution >= 4 is 8.07 Å². The average molecular weight is 186 g/mol. The second-order valence-electron chi connectivity index (χ2n) is 4.61. The van der Waals surface area contributed by atoms with E-state index >= 15 is 0 Å². The maximum Gasteiger partial charge on any atom is 0.0504 e. The van der Waals surface area contributed by atoms with Gasteiger partial charge in [-0.1, -0.05) is 65.6 Å². The molecule has 0 saturated heterocycles. The second kappa shape index (κ2) is 5.79. The summed E-state index contributed by atoms with van der Waals surface area (Å²) in [6.45, 7) is 12.2. The van der Waals surface area contributed by atoms with Crippen molar-refractivity contribution < 1.29 is 0 Å². The summed E-state index contributed by atoms with van der Waals surface area (Å²) in [6.07, 6.45) is 5.63. The third-order valence-corrected chi connectivity index (χ3v) is 7.93. The number of hydrogen-bond donors (Lipinski definition) is 0. The molecule has 0 heterocycles. The summed E-state index contributed by atoms with van der Waals surface area (Å²) in [7, 11) is -0.854. The Bertz CT molecular complexity index is 104. The molecule has 0 spiro atoms. The summed E-state index contributed by atoms with van der Waals surface area (Å²) in [5.74, 6) is 0. The largest absolute Gasteiger partial charge is 0.0691 e. The molecule has 0 nitrogen and oxygen atoms in total. The molecule has 0 rings (SSSR count). The lowest BCUT2D eigenvalue weighted by Crippen LogP contribution is -2.31. The molecule has 12 heavy (non-hydrogen) atoms. The van der Waals surface area contributed by atoms with Gasteiger partial charge in [0.2, 0.25) is 0 Å². The van der Waals surface area contributed by atoms with Crippen LogP contribution in [0.25, 0.3) is 0 Å². The van der Waals surface area contributed by atoms with Crippen molar-refractivity contribution in [3.63, 3.8) is 0 Å². The minimum absolute atomic E-state index is 0.854. The van der Waals surface area contributed by atoms with E-state index in [1.807, 2.05) is 0 Å². The lowest BCUT2D eigenvalue weighted by Gasteiger charge is -2.31. The Labute approximate surface area is 79.8 Å². The van der Waals surface area contributed by atoms with Crippen LogP contribution in [0.15, 0.2) is 0 Å². The first-order chi connectivity index (χ1) is 5.58. The van der Waals surface area contributed by atoms with Gasteiger partial charge in [-0.3, -0.25) is 0 Å². The third-order valence-electron chi connectivity index (χ3n) is 3.27. The van der Waals surface area contributed by atoms with E-state index in [4.69, 9.17) is 0 Å². The van der Waals surface area contributed by atoms with Crippen molar-refractivity contribution in [2.75, 3.05) is 0 Å². The molecule has 0 N–H and O–H groups in total. The smallest absolute Gasteiger partial charge is 0.0504 e. The Balaban J connectivity index is 3.96. The van der Waals surface area contributed by atoms with Crippen molar-refractivity contribution in [1.82, 2.24) is 0 Å². The Hall–Kier alpha value is 0.217. The Morgan fingerprint density at radius 3 is 1.83 bits per heavy atom. The van der Waals surface area contributed by atoms with Gasteiger partial charge in [-0.25, -0.2) is 0 Å². The van der Waals surface area contributed by atoms with Gasteiger partial charge in [0.25, 0.3) is 0 Å². The van der Waals surface area contributed by atoms with Crippen molar-refractivity contribution in [1.29, 1.82) is 0 Å². The molecule has 0 aromatic rings. The zero-order chi connectivity index (χ0) is 9.61. The molecule has 74 valence electrons. The molecule has 0 atom stereocenters. The summed E-state index contributed by atoms with van der Waals surface area (Å²) >= 11 is 0. The van der Waals surface area contributed by atoms with Gasteiger partial charge in [0.1, 0.15) is 0 Å². The molecular weight excluding hydrogens is 160 g/mol. The predicted molar refractivity (Wildman–Crippen MR) is 61.5 cm³/mol. The number of unbranched alkanes of at least 4 members (excludes halogenated alkanes) is 1. The van der Waals surface area contributed by atoms with Gasteiger partial charge in [0.05, 0.1) is 8.07 Å². The van der Waals surface area contributed by atoms with E-state index in [0.29, 0.717) is 0 Å². The van der Waals surface area contributed by atoms with Crippen molar-refractivity contribution in [2.45, 2.75) is 71.1 Å². The van der Waals surface area contributed by atoms with Crippen LogP contribution in [0.1, 0.15) is 46.5 Å². The van der Waals surface area contributed by atoms with Crippen LogP contribution in [0, 0.1) is 0 Å². The van der Waals surface area contributed by atoms with Crippen LogP contribution in [0.5, 0.6) is 0 Å². The van der Waals surface area contributed by atoms with E-state index in [1.54, 1.807) is 0 Å². The van der Waals surface area contributed by atoms with Crippen LogP contribution in [0.4, 0.5) is 0 Å². The fourth-order valence-electron chi connectivity index (χ4n) is 2.23. The summed E-state index contributed by atoms with van der Waals surface area (Å²) < 4.78 is 0. The SMILES string of the molecule is CCCC[Si](C)(C)C(CC)CC. The molecule has 0 saturated carbocycles. The summed E-state index contributed by atoms with van der Waals surface area (Å²) in [6, 6.07) is 1.54. The first-order valence-corrected chi connectivity index (χ1v) is 8.86. The van der Waals surface area contributed by atoms with Crippen molar-refractivity contribution in [2.24, 2.45) is 0 Å². The zero-order valence-electron chi connectivity index (χ0n) is 9.61. The molecule has 0 unspecified atom stereocenters. The standard InChI is InChI=1S/C11H26Si/c1-6-9-10-12(4,5)11(7-2)8-3/h11H,6-10H2,1-5H3. The van der Waals surface area contributed by atoms with Crippen LogP contribution in [0.3, 0.4) is 0 Å². The van der Waals surface area contributed by atoms with Gasteiger partial charge in [-0.15, -0.1) is 0 Å². The predicted octanol–water partition coefficient (Wildman–Crippen LogP) is 4.69. The first kappa shape index (κ1) is 12.2. The van der Waals surface area contributed by atoms with Gasteiger partial charge < -0.3 is 0 Å². The fraction of sp³-hybridized carbons (Fsp3) is 1.00. The van der Waals surface area contributed by atoms with E-state index in [2.05, 4.69) is 33.9 Å². The van der Waals surface area contributed by atoms with E-state index < -0.39 is 8.07 Å². The van der Waals surface area contributed by atoms with Gasteiger partial charge >= 0.3 is 0 Å². The monoisotopic (exact) mass is 186 g/mol. The lowest BCUT2D eigenvalue weighted by molar-refractivity contribution is 0.720. The lowest BCUT2D eigenvalue weighted by atomic mass is 10.3. The average Bonchev–Trinajstić information content (AvgIpc) is 2.03. The van der Waals surface area contributed by atoms with Crippen LogP contribution in [0.2, 0.25) is 24.7 Å². The molecule has 0 fully saturated rings. The van der Waals surface area contributed by atoms with Crippen LogP contribution < -0.4 is 0 Å². The van der Waals surface area contributed by atoms with Crippen molar-refractivity contribution in [3.05, 3.63) is 0 Å². The van der Waals surface area contributed by atoms with Crippen molar-refractivity contribution in [3.8, 4) is 0 Å². The van der Waals surface area contributed by atoms with Gasteiger partial charge in [-0.05, 0) is 5.54 Å². The molecule has 0 bridgehead atoms. The highest BCUT2D eigenvalue weighted by Gasteiger charge is 2.27. The Morgan fingerprint density at radius 2 is 1.50 bits per heavy atom. The van der Waals surface area contributed by atoms with Gasteiger partial charge in [-0.2, -0.15) is 0 Å². The minimum Gasteiger partial charge on any atom is -0.0691 e. The highest BCUT2D eigenvalue weighted by atomic mass is 28.3. The minimum atomic E-state index is -0.854.